The Morgan fingerprint density at radius 1 is 1.07 bits per heavy atom. The fourth-order valence-corrected chi connectivity index (χ4v) is 3.55. The zero-order valence-corrected chi connectivity index (χ0v) is 9.08. The Labute approximate surface area is 85.4 Å². The van der Waals surface area contributed by atoms with E-state index in [9.17, 15) is 0 Å². The van der Waals surface area contributed by atoms with Crippen molar-refractivity contribution in [3.05, 3.63) is 0 Å². The summed E-state index contributed by atoms with van der Waals surface area (Å²) in [6.45, 7) is 6.20. The maximum atomic E-state index is 6.02. The van der Waals surface area contributed by atoms with Crippen molar-refractivity contribution >= 4 is 0 Å². The molecule has 2 unspecified atom stereocenters. The van der Waals surface area contributed by atoms with Gasteiger partial charge in [0.05, 0.1) is 19.3 Å². The standard InChI is InChI=1S/C11H19NO2/c1-3-10-5-6-11(4-2)12(10)9(7-13-10)8-14-11/h9H,3-8H2,1-2H3. The van der Waals surface area contributed by atoms with Gasteiger partial charge in [-0.25, -0.2) is 4.90 Å². The van der Waals surface area contributed by atoms with Crippen LogP contribution >= 0.6 is 0 Å². The molecule has 3 aliphatic rings. The molecule has 14 heavy (non-hydrogen) atoms. The minimum Gasteiger partial charge on any atom is -0.359 e. The van der Waals surface area contributed by atoms with Crippen molar-refractivity contribution < 1.29 is 9.47 Å². The Kier molecular flexibility index (Phi) is 1.77. The smallest absolute Gasteiger partial charge is 0.124 e. The first-order chi connectivity index (χ1) is 6.76. The summed E-state index contributed by atoms with van der Waals surface area (Å²) < 4.78 is 12.0. The molecule has 3 rings (SSSR count). The lowest BCUT2D eigenvalue weighted by Crippen LogP contribution is -2.49. The van der Waals surface area contributed by atoms with Gasteiger partial charge in [0, 0.05) is 0 Å². The fraction of sp³-hybridized carbons (Fsp3) is 1.00. The molecule has 0 aromatic carbocycles. The van der Waals surface area contributed by atoms with Crippen molar-refractivity contribution in [3.8, 4) is 0 Å². The number of ether oxygens (including phenoxy) is 2. The molecule has 80 valence electrons. The molecule has 3 fully saturated rings. The zero-order valence-electron chi connectivity index (χ0n) is 9.08. The highest BCUT2D eigenvalue weighted by molar-refractivity contribution is 5.08. The van der Waals surface area contributed by atoms with E-state index >= 15 is 0 Å². The van der Waals surface area contributed by atoms with Crippen LogP contribution in [0.4, 0.5) is 0 Å². The van der Waals surface area contributed by atoms with Crippen molar-refractivity contribution in [1.82, 2.24) is 4.90 Å². The van der Waals surface area contributed by atoms with Gasteiger partial charge >= 0.3 is 0 Å². The molecule has 0 aromatic rings. The molecule has 2 atom stereocenters. The Hall–Kier alpha value is -0.120. The number of nitrogens with zero attached hydrogens (tertiary/aromatic N) is 1. The second-order valence-electron chi connectivity index (χ2n) is 4.75. The van der Waals surface area contributed by atoms with Gasteiger partial charge in [0.2, 0.25) is 0 Å². The third kappa shape index (κ3) is 0.841. The average molecular weight is 197 g/mol. The molecule has 0 N–H and O–H groups in total. The van der Waals surface area contributed by atoms with Crippen LogP contribution in [0.25, 0.3) is 0 Å². The van der Waals surface area contributed by atoms with Crippen LogP contribution in [0.15, 0.2) is 0 Å². The minimum atomic E-state index is 0.0250. The van der Waals surface area contributed by atoms with Crippen molar-refractivity contribution in [2.75, 3.05) is 13.2 Å². The molecule has 3 nitrogen and oxygen atoms in total. The van der Waals surface area contributed by atoms with Crippen LogP contribution in [0.5, 0.6) is 0 Å². The molecule has 3 heteroatoms. The number of hydrogen-bond acceptors (Lipinski definition) is 3. The van der Waals surface area contributed by atoms with E-state index in [0.717, 1.165) is 38.9 Å². The first-order valence-corrected chi connectivity index (χ1v) is 5.84. The van der Waals surface area contributed by atoms with Crippen LogP contribution in [0.1, 0.15) is 39.5 Å². The van der Waals surface area contributed by atoms with E-state index in [4.69, 9.17) is 9.47 Å². The second kappa shape index (κ2) is 2.71. The lowest BCUT2D eigenvalue weighted by atomic mass is 10.1. The van der Waals surface area contributed by atoms with Gasteiger partial charge in [-0.2, -0.15) is 0 Å². The highest BCUT2D eigenvalue weighted by Gasteiger charge is 2.64. The average Bonchev–Trinajstić information content (AvgIpc) is 2.85. The van der Waals surface area contributed by atoms with Gasteiger partial charge in [-0.15, -0.1) is 0 Å². The van der Waals surface area contributed by atoms with E-state index < -0.39 is 0 Å². The van der Waals surface area contributed by atoms with E-state index in [0.29, 0.717) is 6.04 Å². The molecule has 0 aliphatic carbocycles. The summed E-state index contributed by atoms with van der Waals surface area (Å²) in [5.74, 6) is 0. The van der Waals surface area contributed by atoms with Gasteiger partial charge in [0.25, 0.3) is 0 Å². The molecule has 0 aromatic heterocycles. The van der Waals surface area contributed by atoms with Gasteiger partial charge < -0.3 is 9.47 Å². The number of rotatable bonds is 2. The SMILES string of the molecule is CCC12CCC3(CC)OCC(CO1)N23. The topological polar surface area (TPSA) is 21.7 Å². The van der Waals surface area contributed by atoms with Crippen LogP contribution in [0, 0.1) is 0 Å². The van der Waals surface area contributed by atoms with Crippen LogP contribution < -0.4 is 0 Å². The van der Waals surface area contributed by atoms with Gasteiger partial charge in [-0.3, -0.25) is 0 Å². The van der Waals surface area contributed by atoms with E-state index in [-0.39, 0.29) is 11.4 Å². The molecular formula is C11H19NO2. The molecule has 3 aliphatic heterocycles. The van der Waals surface area contributed by atoms with E-state index in [1.54, 1.807) is 0 Å². The predicted octanol–water partition coefficient (Wildman–Crippen LogP) is 1.72. The van der Waals surface area contributed by atoms with Crippen molar-refractivity contribution in [1.29, 1.82) is 0 Å². The second-order valence-corrected chi connectivity index (χ2v) is 4.75. The fourth-order valence-electron chi connectivity index (χ4n) is 3.55. The van der Waals surface area contributed by atoms with Gasteiger partial charge in [-0.05, 0) is 25.7 Å². The summed E-state index contributed by atoms with van der Waals surface area (Å²) in [5, 5.41) is 0. The summed E-state index contributed by atoms with van der Waals surface area (Å²) in [4.78, 5) is 2.54. The number of hydrogen-bond donors (Lipinski definition) is 0. The van der Waals surface area contributed by atoms with Crippen molar-refractivity contribution in [2.24, 2.45) is 0 Å². The van der Waals surface area contributed by atoms with Crippen molar-refractivity contribution in [3.63, 3.8) is 0 Å². The predicted molar refractivity (Wildman–Crippen MR) is 52.8 cm³/mol. The van der Waals surface area contributed by atoms with Crippen LogP contribution in [0.2, 0.25) is 0 Å². The molecular weight excluding hydrogens is 178 g/mol. The summed E-state index contributed by atoms with van der Waals surface area (Å²) in [6.07, 6.45) is 4.48. The molecule has 0 bridgehead atoms. The highest BCUT2D eigenvalue weighted by atomic mass is 16.6. The van der Waals surface area contributed by atoms with Crippen molar-refractivity contribution in [2.45, 2.75) is 57.0 Å². The molecule has 0 amide bonds. The zero-order chi connectivity index (χ0) is 9.81. The Bertz CT molecular complexity index is 234. The van der Waals surface area contributed by atoms with Crippen LogP contribution in [-0.2, 0) is 9.47 Å². The van der Waals surface area contributed by atoms with Crippen LogP contribution in [-0.4, -0.2) is 35.6 Å². The minimum absolute atomic E-state index is 0.0250. The van der Waals surface area contributed by atoms with Gasteiger partial charge in [-0.1, -0.05) is 13.8 Å². The third-order valence-electron chi connectivity index (χ3n) is 4.34. The Morgan fingerprint density at radius 3 is 2.00 bits per heavy atom. The Morgan fingerprint density at radius 2 is 1.57 bits per heavy atom. The summed E-state index contributed by atoms with van der Waals surface area (Å²) in [5.41, 5.74) is 0.0500. The monoisotopic (exact) mass is 197 g/mol. The quantitative estimate of drug-likeness (QED) is 0.673. The van der Waals surface area contributed by atoms with Gasteiger partial charge in [0.1, 0.15) is 11.4 Å². The van der Waals surface area contributed by atoms with E-state index in [1.807, 2.05) is 0 Å². The largest absolute Gasteiger partial charge is 0.359 e. The molecule has 0 spiro atoms. The maximum Gasteiger partial charge on any atom is 0.124 e. The first kappa shape index (κ1) is 9.13. The highest BCUT2D eigenvalue weighted by Crippen LogP contribution is 2.54. The summed E-state index contributed by atoms with van der Waals surface area (Å²) in [7, 11) is 0. The lowest BCUT2D eigenvalue weighted by Gasteiger charge is -2.36. The summed E-state index contributed by atoms with van der Waals surface area (Å²) >= 11 is 0. The maximum absolute atomic E-state index is 6.02. The van der Waals surface area contributed by atoms with Gasteiger partial charge in [0.15, 0.2) is 0 Å². The van der Waals surface area contributed by atoms with E-state index in [2.05, 4.69) is 18.7 Å². The molecule has 0 radical (unpaired) electrons. The normalized spacial score (nSPS) is 51.4. The molecule has 0 saturated carbocycles. The lowest BCUT2D eigenvalue weighted by molar-refractivity contribution is -0.142. The first-order valence-electron chi connectivity index (χ1n) is 5.84. The van der Waals surface area contributed by atoms with Crippen LogP contribution in [0.3, 0.4) is 0 Å². The molecule has 3 saturated heterocycles. The molecule has 3 heterocycles. The summed E-state index contributed by atoms with van der Waals surface area (Å²) in [6, 6.07) is 0.525. The Balaban J connectivity index is 2.00. The van der Waals surface area contributed by atoms with E-state index in [1.165, 1.54) is 0 Å². The third-order valence-corrected chi connectivity index (χ3v) is 4.34.